The van der Waals surface area contributed by atoms with Gasteiger partial charge in [-0.2, -0.15) is 0 Å². The molecule has 0 aromatic carbocycles. The predicted molar refractivity (Wildman–Crippen MR) is 67.9 cm³/mol. The lowest BCUT2D eigenvalue weighted by Crippen LogP contribution is -2.24. The maximum atomic E-state index is 11.4. The standard InChI is InChI=1S/C15H14O4/c1-8-9(2)15(11-3-4-18-7-12(8)11)10-5-13(16)19-14(17)6-10/h3-4,7,10H,5-6H2,1-2H3. The van der Waals surface area contributed by atoms with Gasteiger partial charge in [-0.1, -0.05) is 0 Å². The van der Waals surface area contributed by atoms with E-state index in [4.69, 9.17) is 4.42 Å². The first-order valence-electron chi connectivity index (χ1n) is 6.26. The van der Waals surface area contributed by atoms with Crippen LogP contribution in [0.4, 0.5) is 0 Å². The number of hydrogen-bond donors (Lipinski definition) is 0. The SMILES string of the molecule is Cc1c2coccc-2c(C2CC(=O)OC(=O)C2)c1C. The number of cyclic esters (lactones) is 2. The quantitative estimate of drug-likeness (QED) is 0.583. The number of carbonyl (C=O) groups is 2. The molecule has 0 spiro atoms. The molecule has 4 nitrogen and oxygen atoms in total. The van der Waals surface area contributed by atoms with Crippen LogP contribution < -0.4 is 0 Å². The molecular formula is C15H14O4. The zero-order chi connectivity index (χ0) is 13.6. The van der Waals surface area contributed by atoms with Gasteiger partial charge in [-0.05, 0) is 42.2 Å². The van der Waals surface area contributed by atoms with Crippen LogP contribution >= 0.6 is 0 Å². The molecule has 1 aliphatic carbocycles. The number of fused-ring (bicyclic) bond motifs is 1. The van der Waals surface area contributed by atoms with Crippen molar-refractivity contribution in [1.29, 1.82) is 0 Å². The van der Waals surface area contributed by atoms with Crippen LogP contribution in [0.3, 0.4) is 0 Å². The molecule has 3 rings (SSSR count). The third-order valence-electron chi connectivity index (χ3n) is 3.91. The van der Waals surface area contributed by atoms with Crippen molar-refractivity contribution in [2.45, 2.75) is 32.6 Å². The fraction of sp³-hybridized carbons (Fsp3) is 0.333. The van der Waals surface area contributed by atoms with Crippen LogP contribution in [0.2, 0.25) is 0 Å². The number of ether oxygens (including phenoxy) is 1. The summed E-state index contributed by atoms with van der Waals surface area (Å²) in [6.07, 6.45) is 3.85. The summed E-state index contributed by atoms with van der Waals surface area (Å²) < 4.78 is 9.81. The van der Waals surface area contributed by atoms with Crippen molar-refractivity contribution in [3.63, 3.8) is 0 Å². The summed E-state index contributed by atoms with van der Waals surface area (Å²) in [6, 6.07) is 1.90. The molecule has 1 fully saturated rings. The van der Waals surface area contributed by atoms with Gasteiger partial charge in [-0.25, -0.2) is 0 Å². The zero-order valence-electron chi connectivity index (χ0n) is 10.9. The molecule has 0 radical (unpaired) electrons. The molecule has 19 heavy (non-hydrogen) atoms. The van der Waals surface area contributed by atoms with Crippen molar-refractivity contribution in [1.82, 2.24) is 0 Å². The van der Waals surface area contributed by atoms with Gasteiger partial charge < -0.3 is 9.15 Å². The molecule has 98 valence electrons. The first-order chi connectivity index (χ1) is 9.08. The fourth-order valence-corrected chi connectivity index (χ4v) is 2.91. The summed E-state index contributed by atoms with van der Waals surface area (Å²) in [4.78, 5) is 22.9. The van der Waals surface area contributed by atoms with Crippen LogP contribution in [0.15, 0.2) is 23.0 Å². The minimum atomic E-state index is -0.437. The minimum Gasteiger partial charge on any atom is -0.472 e. The van der Waals surface area contributed by atoms with Gasteiger partial charge in [0.05, 0.1) is 25.4 Å². The Balaban J connectivity index is 2.13. The molecule has 0 amide bonds. The van der Waals surface area contributed by atoms with Gasteiger partial charge in [-0.15, -0.1) is 0 Å². The summed E-state index contributed by atoms with van der Waals surface area (Å²) in [5, 5.41) is 0. The predicted octanol–water partition coefficient (Wildman–Crippen LogP) is 2.95. The second-order valence-corrected chi connectivity index (χ2v) is 5.00. The average molecular weight is 258 g/mol. The highest BCUT2D eigenvalue weighted by Crippen LogP contribution is 2.43. The van der Waals surface area contributed by atoms with E-state index in [0.717, 1.165) is 27.8 Å². The monoisotopic (exact) mass is 258 g/mol. The van der Waals surface area contributed by atoms with Gasteiger partial charge in [-0.3, -0.25) is 9.59 Å². The second-order valence-electron chi connectivity index (χ2n) is 5.00. The van der Waals surface area contributed by atoms with Crippen LogP contribution in [0.25, 0.3) is 11.1 Å². The lowest BCUT2D eigenvalue weighted by atomic mass is 9.88. The topological polar surface area (TPSA) is 56.5 Å². The molecule has 0 bridgehead atoms. The van der Waals surface area contributed by atoms with E-state index in [0.29, 0.717) is 0 Å². The van der Waals surface area contributed by atoms with Crippen LogP contribution in [-0.4, -0.2) is 11.9 Å². The summed E-state index contributed by atoms with van der Waals surface area (Å²) in [5.41, 5.74) is 5.45. The third kappa shape index (κ3) is 1.84. The molecule has 4 heteroatoms. The van der Waals surface area contributed by atoms with E-state index in [1.165, 1.54) is 0 Å². The Morgan fingerprint density at radius 1 is 1.05 bits per heavy atom. The first kappa shape index (κ1) is 12.0. The summed E-state index contributed by atoms with van der Waals surface area (Å²) in [5.74, 6) is -0.964. The lowest BCUT2D eigenvalue weighted by molar-refractivity contribution is -0.163. The van der Waals surface area contributed by atoms with E-state index in [9.17, 15) is 9.59 Å². The maximum Gasteiger partial charge on any atom is 0.314 e. The van der Waals surface area contributed by atoms with Crippen molar-refractivity contribution in [3.8, 4) is 11.1 Å². The second kappa shape index (κ2) is 4.23. The first-order valence-corrected chi connectivity index (χ1v) is 6.26. The van der Waals surface area contributed by atoms with E-state index in [2.05, 4.69) is 4.74 Å². The minimum absolute atomic E-state index is 0.0904. The van der Waals surface area contributed by atoms with Crippen molar-refractivity contribution in [2.75, 3.05) is 0 Å². The van der Waals surface area contributed by atoms with Gasteiger partial charge in [0.2, 0.25) is 0 Å². The molecule has 0 aromatic rings. The number of carbonyl (C=O) groups excluding carboxylic acids is 2. The molecular weight excluding hydrogens is 244 g/mol. The van der Waals surface area contributed by atoms with Crippen LogP contribution in [0.1, 0.15) is 35.4 Å². The average Bonchev–Trinajstić information content (AvgIpc) is 2.61. The van der Waals surface area contributed by atoms with Crippen LogP contribution in [-0.2, 0) is 14.3 Å². The van der Waals surface area contributed by atoms with Crippen LogP contribution in [0, 0.1) is 13.8 Å². The van der Waals surface area contributed by atoms with Crippen molar-refractivity contribution in [2.24, 2.45) is 0 Å². The molecule has 0 unspecified atom stereocenters. The molecule has 0 saturated carbocycles. The Labute approximate surface area is 110 Å². The van der Waals surface area contributed by atoms with E-state index in [1.54, 1.807) is 12.5 Å². The van der Waals surface area contributed by atoms with Gasteiger partial charge in [0.15, 0.2) is 0 Å². The van der Waals surface area contributed by atoms with Crippen molar-refractivity contribution in [3.05, 3.63) is 35.3 Å². The molecule has 2 aliphatic heterocycles. The van der Waals surface area contributed by atoms with E-state index >= 15 is 0 Å². The Bertz CT molecular complexity index is 622. The van der Waals surface area contributed by atoms with Gasteiger partial charge in [0.1, 0.15) is 0 Å². The number of hydrogen-bond acceptors (Lipinski definition) is 4. The van der Waals surface area contributed by atoms with E-state index < -0.39 is 11.9 Å². The molecule has 1 saturated heterocycles. The summed E-state index contributed by atoms with van der Waals surface area (Å²) in [6.45, 7) is 4.05. The molecule has 0 aromatic heterocycles. The molecule has 3 aliphatic rings. The highest BCUT2D eigenvalue weighted by molar-refractivity contribution is 5.90. The molecule has 2 heterocycles. The summed E-state index contributed by atoms with van der Waals surface area (Å²) >= 11 is 0. The van der Waals surface area contributed by atoms with E-state index in [1.807, 2.05) is 19.9 Å². The highest BCUT2D eigenvalue weighted by Gasteiger charge is 2.33. The van der Waals surface area contributed by atoms with Gasteiger partial charge in [0.25, 0.3) is 0 Å². The number of rotatable bonds is 1. The fourth-order valence-electron chi connectivity index (χ4n) is 2.91. The highest BCUT2D eigenvalue weighted by atomic mass is 16.6. The van der Waals surface area contributed by atoms with Crippen molar-refractivity contribution < 1.29 is 18.7 Å². The van der Waals surface area contributed by atoms with E-state index in [-0.39, 0.29) is 18.8 Å². The van der Waals surface area contributed by atoms with Gasteiger partial charge in [0, 0.05) is 11.5 Å². The van der Waals surface area contributed by atoms with Crippen molar-refractivity contribution >= 4 is 11.9 Å². The van der Waals surface area contributed by atoms with Crippen LogP contribution in [0.5, 0.6) is 0 Å². The third-order valence-corrected chi connectivity index (χ3v) is 3.91. The maximum absolute atomic E-state index is 11.4. The summed E-state index contributed by atoms with van der Waals surface area (Å²) in [7, 11) is 0. The lowest BCUT2D eigenvalue weighted by Gasteiger charge is -2.21. The molecule has 0 N–H and O–H groups in total. The zero-order valence-corrected chi connectivity index (χ0v) is 10.9. The normalized spacial score (nSPS) is 16.9. The Morgan fingerprint density at radius 2 is 1.74 bits per heavy atom. The Morgan fingerprint density at radius 3 is 2.42 bits per heavy atom. The Kier molecular flexibility index (Phi) is 2.66. The van der Waals surface area contributed by atoms with Gasteiger partial charge >= 0.3 is 11.9 Å². The Hall–Kier alpha value is -2.10. The number of esters is 2. The molecule has 0 atom stereocenters. The smallest absolute Gasteiger partial charge is 0.314 e. The largest absolute Gasteiger partial charge is 0.472 e.